The van der Waals surface area contributed by atoms with E-state index in [4.69, 9.17) is 0 Å². The van der Waals surface area contributed by atoms with E-state index in [2.05, 4.69) is 37.3 Å². The van der Waals surface area contributed by atoms with Crippen molar-refractivity contribution in [3.8, 4) is 5.75 Å². The molecule has 2 unspecified atom stereocenters. The molecule has 0 bridgehead atoms. The molecule has 2 rings (SSSR count). The van der Waals surface area contributed by atoms with Gasteiger partial charge in [-0.05, 0) is 63.5 Å². The summed E-state index contributed by atoms with van der Waals surface area (Å²) in [6.07, 6.45) is 3.47. The van der Waals surface area contributed by atoms with Crippen LogP contribution in [0.2, 0.25) is 0 Å². The molecule has 1 aliphatic rings. The van der Waals surface area contributed by atoms with Crippen molar-refractivity contribution in [3.05, 3.63) is 29.3 Å². The molecule has 100 valence electrons. The van der Waals surface area contributed by atoms with Crippen LogP contribution in [0.15, 0.2) is 18.2 Å². The Morgan fingerprint density at radius 2 is 2.22 bits per heavy atom. The highest BCUT2D eigenvalue weighted by Crippen LogP contribution is 2.32. The Morgan fingerprint density at radius 3 is 2.94 bits per heavy atom. The largest absolute Gasteiger partial charge is 0.508 e. The average molecular weight is 248 g/mol. The van der Waals surface area contributed by atoms with Gasteiger partial charge < -0.3 is 15.3 Å². The fourth-order valence-corrected chi connectivity index (χ4v) is 2.92. The second kappa shape index (κ2) is 5.72. The summed E-state index contributed by atoms with van der Waals surface area (Å²) in [6.45, 7) is 3.28. The minimum absolute atomic E-state index is 0.385. The number of fused-ring (bicyclic) bond motifs is 1. The second-order valence-corrected chi connectivity index (χ2v) is 5.66. The minimum Gasteiger partial charge on any atom is -0.508 e. The molecule has 0 aromatic heterocycles. The number of nitrogens with zero attached hydrogens (tertiary/aromatic N) is 1. The second-order valence-electron chi connectivity index (χ2n) is 5.66. The lowest BCUT2D eigenvalue weighted by molar-refractivity contribution is 0.317. The maximum atomic E-state index is 9.55. The Balaban J connectivity index is 2.08. The zero-order chi connectivity index (χ0) is 13.1. The Kier molecular flexibility index (Phi) is 4.25. The van der Waals surface area contributed by atoms with Gasteiger partial charge in [-0.1, -0.05) is 6.07 Å². The summed E-state index contributed by atoms with van der Waals surface area (Å²) in [5, 5.41) is 13.3. The Labute approximate surface area is 110 Å². The average Bonchev–Trinajstić information content (AvgIpc) is 2.27. The number of aryl methyl sites for hydroxylation is 1. The number of rotatable bonds is 4. The van der Waals surface area contributed by atoms with Crippen LogP contribution >= 0.6 is 0 Å². The highest BCUT2D eigenvalue weighted by Gasteiger charge is 2.21. The van der Waals surface area contributed by atoms with Crippen molar-refractivity contribution in [1.82, 2.24) is 10.2 Å². The first kappa shape index (κ1) is 13.4. The first-order valence-electron chi connectivity index (χ1n) is 6.79. The Bertz CT molecular complexity index is 403. The summed E-state index contributed by atoms with van der Waals surface area (Å²) >= 11 is 0. The molecule has 0 radical (unpaired) electrons. The zero-order valence-electron chi connectivity index (χ0n) is 11.6. The molecule has 18 heavy (non-hydrogen) atoms. The monoisotopic (exact) mass is 248 g/mol. The standard InChI is InChI=1S/C15H24N2O/c1-11(10-17(2)3)16-15-6-4-5-12-9-13(18)7-8-14(12)15/h7-9,11,15-16,18H,4-6,10H2,1-3H3. The molecular weight excluding hydrogens is 224 g/mol. The topological polar surface area (TPSA) is 35.5 Å². The third kappa shape index (κ3) is 3.24. The van der Waals surface area contributed by atoms with Gasteiger partial charge in [0, 0.05) is 18.6 Å². The lowest BCUT2D eigenvalue weighted by Gasteiger charge is -2.30. The molecule has 1 aliphatic carbocycles. The molecule has 0 heterocycles. The van der Waals surface area contributed by atoms with Gasteiger partial charge in [0.15, 0.2) is 0 Å². The van der Waals surface area contributed by atoms with E-state index in [1.54, 1.807) is 6.07 Å². The van der Waals surface area contributed by atoms with Gasteiger partial charge in [0.25, 0.3) is 0 Å². The van der Waals surface area contributed by atoms with Gasteiger partial charge in [0.05, 0.1) is 0 Å². The van der Waals surface area contributed by atoms with Crippen LogP contribution in [-0.4, -0.2) is 36.7 Å². The maximum Gasteiger partial charge on any atom is 0.115 e. The number of likely N-dealkylation sites (N-methyl/N-ethyl adjacent to an activating group) is 1. The van der Waals surface area contributed by atoms with Crippen LogP contribution in [-0.2, 0) is 6.42 Å². The van der Waals surface area contributed by atoms with Crippen molar-refractivity contribution < 1.29 is 5.11 Å². The van der Waals surface area contributed by atoms with E-state index >= 15 is 0 Å². The van der Waals surface area contributed by atoms with Crippen molar-refractivity contribution in [3.63, 3.8) is 0 Å². The van der Waals surface area contributed by atoms with Crippen molar-refractivity contribution in [2.45, 2.75) is 38.3 Å². The van der Waals surface area contributed by atoms with Gasteiger partial charge in [-0.25, -0.2) is 0 Å². The van der Waals surface area contributed by atoms with Crippen LogP contribution in [0, 0.1) is 0 Å². The fourth-order valence-electron chi connectivity index (χ4n) is 2.92. The third-order valence-electron chi connectivity index (χ3n) is 3.57. The van der Waals surface area contributed by atoms with Crippen LogP contribution in [0.25, 0.3) is 0 Å². The summed E-state index contributed by atoms with van der Waals surface area (Å²) in [5.41, 5.74) is 2.67. The smallest absolute Gasteiger partial charge is 0.115 e. The first-order valence-corrected chi connectivity index (χ1v) is 6.79. The SMILES string of the molecule is CC(CN(C)C)NC1CCCc2cc(O)ccc21. The molecule has 0 saturated carbocycles. The van der Waals surface area contributed by atoms with Crippen molar-refractivity contribution >= 4 is 0 Å². The third-order valence-corrected chi connectivity index (χ3v) is 3.57. The molecule has 0 aliphatic heterocycles. The van der Waals surface area contributed by atoms with Gasteiger partial charge in [0.1, 0.15) is 5.75 Å². The van der Waals surface area contributed by atoms with Gasteiger partial charge >= 0.3 is 0 Å². The van der Waals surface area contributed by atoms with Crippen molar-refractivity contribution in [2.75, 3.05) is 20.6 Å². The first-order chi connectivity index (χ1) is 8.56. The molecule has 3 heteroatoms. The highest BCUT2D eigenvalue weighted by molar-refractivity contribution is 5.38. The van der Waals surface area contributed by atoms with Gasteiger partial charge in [-0.3, -0.25) is 0 Å². The molecule has 1 aromatic rings. The molecular formula is C15H24N2O. The van der Waals surface area contributed by atoms with Crippen molar-refractivity contribution in [1.29, 1.82) is 0 Å². The van der Waals surface area contributed by atoms with E-state index in [1.165, 1.54) is 24.0 Å². The Morgan fingerprint density at radius 1 is 1.44 bits per heavy atom. The van der Waals surface area contributed by atoms with Gasteiger partial charge in [-0.2, -0.15) is 0 Å². The lowest BCUT2D eigenvalue weighted by atomic mass is 9.87. The molecule has 0 fully saturated rings. The van der Waals surface area contributed by atoms with E-state index in [0.717, 1.165) is 13.0 Å². The molecule has 0 amide bonds. The molecule has 3 nitrogen and oxygen atoms in total. The Hall–Kier alpha value is -1.06. The quantitative estimate of drug-likeness (QED) is 0.858. The summed E-state index contributed by atoms with van der Waals surface area (Å²) in [7, 11) is 4.20. The number of hydrogen-bond donors (Lipinski definition) is 2. The zero-order valence-corrected chi connectivity index (χ0v) is 11.6. The number of benzene rings is 1. The van der Waals surface area contributed by atoms with E-state index < -0.39 is 0 Å². The highest BCUT2D eigenvalue weighted by atomic mass is 16.3. The summed E-state index contributed by atoms with van der Waals surface area (Å²) in [6, 6.07) is 6.70. The van der Waals surface area contributed by atoms with Crippen LogP contribution in [0.4, 0.5) is 0 Å². The maximum absolute atomic E-state index is 9.55. The van der Waals surface area contributed by atoms with Gasteiger partial charge in [0.2, 0.25) is 0 Å². The normalized spacial score (nSPS) is 20.8. The van der Waals surface area contributed by atoms with Crippen LogP contribution in [0.5, 0.6) is 5.75 Å². The van der Waals surface area contributed by atoms with Crippen LogP contribution < -0.4 is 5.32 Å². The predicted molar refractivity (Wildman–Crippen MR) is 74.9 cm³/mol. The minimum atomic E-state index is 0.385. The number of nitrogens with one attached hydrogen (secondary N) is 1. The van der Waals surface area contributed by atoms with E-state index in [-0.39, 0.29) is 0 Å². The predicted octanol–water partition coefficient (Wildman–Crippen LogP) is 2.31. The van der Waals surface area contributed by atoms with Crippen LogP contribution in [0.1, 0.15) is 36.9 Å². The molecule has 2 atom stereocenters. The van der Waals surface area contributed by atoms with E-state index in [9.17, 15) is 5.11 Å². The molecule has 0 spiro atoms. The van der Waals surface area contributed by atoms with Gasteiger partial charge in [-0.15, -0.1) is 0 Å². The summed E-state index contributed by atoms with van der Waals surface area (Å²) in [4.78, 5) is 2.21. The summed E-state index contributed by atoms with van der Waals surface area (Å²) in [5.74, 6) is 0.385. The molecule has 0 saturated heterocycles. The molecule has 2 N–H and O–H groups in total. The van der Waals surface area contributed by atoms with Crippen molar-refractivity contribution in [2.24, 2.45) is 0 Å². The number of phenolic OH excluding ortho intramolecular Hbond substituents is 1. The van der Waals surface area contributed by atoms with E-state index in [0.29, 0.717) is 17.8 Å². The number of aromatic hydroxyl groups is 1. The van der Waals surface area contributed by atoms with E-state index in [1.807, 2.05) is 6.07 Å². The lowest BCUT2D eigenvalue weighted by Crippen LogP contribution is -2.39. The fraction of sp³-hybridized carbons (Fsp3) is 0.600. The number of phenols is 1. The number of hydrogen-bond acceptors (Lipinski definition) is 3. The summed E-state index contributed by atoms with van der Waals surface area (Å²) < 4.78 is 0. The molecule has 1 aromatic carbocycles. The van der Waals surface area contributed by atoms with Crippen LogP contribution in [0.3, 0.4) is 0 Å².